The first kappa shape index (κ1) is 13.4. The Morgan fingerprint density at radius 3 is 2.14 bits per heavy atom. The van der Waals surface area contributed by atoms with E-state index in [0.717, 1.165) is 0 Å². The Bertz CT molecular complexity index is 749. The highest BCUT2D eigenvalue weighted by Crippen LogP contribution is 2.37. The van der Waals surface area contributed by atoms with Crippen LogP contribution in [0, 0.1) is 11.8 Å². The van der Waals surface area contributed by atoms with E-state index in [-0.39, 0.29) is 11.1 Å². The number of pyridine rings is 1. The molecule has 0 atom stereocenters. The SMILES string of the molecule is Nc1nc(F)c(Cl)c(N2C(=O)c3ccccc3C2=O)c1F. The molecule has 2 aromatic rings. The molecule has 2 N–H and O–H groups in total. The first-order valence-electron chi connectivity index (χ1n) is 5.71. The van der Waals surface area contributed by atoms with Crippen molar-refractivity contribution in [2.75, 3.05) is 10.6 Å². The van der Waals surface area contributed by atoms with Crippen LogP contribution in [0.15, 0.2) is 24.3 Å². The van der Waals surface area contributed by atoms with Gasteiger partial charge in [0.15, 0.2) is 11.6 Å². The first-order chi connectivity index (χ1) is 9.93. The number of hydrogen-bond acceptors (Lipinski definition) is 4. The van der Waals surface area contributed by atoms with E-state index in [9.17, 15) is 18.4 Å². The lowest BCUT2D eigenvalue weighted by molar-refractivity contribution is 0.0925. The monoisotopic (exact) mass is 309 g/mol. The number of rotatable bonds is 1. The van der Waals surface area contributed by atoms with Crippen LogP contribution < -0.4 is 10.6 Å². The molecule has 8 heteroatoms. The molecule has 3 rings (SSSR count). The molecule has 2 heterocycles. The Morgan fingerprint density at radius 2 is 1.62 bits per heavy atom. The van der Waals surface area contributed by atoms with Crippen molar-refractivity contribution in [3.05, 3.63) is 52.2 Å². The van der Waals surface area contributed by atoms with Gasteiger partial charge in [0.2, 0.25) is 5.95 Å². The van der Waals surface area contributed by atoms with Gasteiger partial charge in [-0.3, -0.25) is 9.59 Å². The average Bonchev–Trinajstić information content (AvgIpc) is 2.71. The second kappa shape index (κ2) is 4.49. The zero-order valence-corrected chi connectivity index (χ0v) is 11.0. The summed E-state index contributed by atoms with van der Waals surface area (Å²) in [5, 5.41) is -0.781. The van der Waals surface area contributed by atoms with Crippen LogP contribution in [-0.4, -0.2) is 16.8 Å². The summed E-state index contributed by atoms with van der Waals surface area (Å²) >= 11 is 5.64. The molecule has 0 unspecified atom stereocenters. The number of fused-ring (bicyclic) bond motifs is 1. The number of hydrogen-bond donors (Lipinski definition) is 1. The van der Waals surface area contributed by atoms with Gasteiger partial charge in [-0.15, -0.1) is 0 Å². The predicted molar refractivity (Wildman–Crippen MR) is 71.2 cm³/mol. The molecule has 0 aliphatic carbocycles. The Balaban J connectivity index is 2.25. The minimum Gasteiger partial charge on any atom is -0.381 e. The smallest absolute Gasteiger partial charge is 0.266 e. The number of nitrogen functional groups attached to an aromatic ring is 1. The molecule has 0 radical (unpaired) electrons. The molecule has 2 amide bonds. The molecule has 1 aromatic carbocycles. The second-order valence-electron chi connectivity index (χ2n) is 4.26. The van der Waals surface area contributed by atoms with Gasteiger partial charge in [-0.2, -0.15) is 9.37 Å². The van der Waals surface area contributed by atoms with Gasteiger partial charge in [0, 0.05) is 0 Å². The highest BCUT2D eigenvalue weighted by molar-refractivity contribution is 6.40. The maximum absolute atomic E-state index is 14.1. The van der Waals surface area contributed by atoms with Crippen molar-refractivity contribution in [2.24, 2.45) is 0 Å². The molecular formula is C13H6ClF2N3O2. The van der Waals surface area contributed by atoms with E-state index in [1.807, 2.05) is 0 Å². The Morgan fingerprint density at radius 1 is 1.10 bits per heavy atom. The summed E-state index contributed by atoms with van der Waals surface area (Å²) in [6.07, 6.45) is 0. The van der Waals surface area contributed by atoms with E-state index in [1.54, 1.807) is 12.1 Å². The minimum absolute atomic E-state index is 0.0776. The molecule has 1 aliphatic heterocycles. The summed E-state index contributed by atoms with van der Waals surface area (Å²) in [4.78, 5) is 28.0. The van der Waals surface area contributed by atoms with Gasteiger partial charge in [-0.05, 0) is 12.1 Å². The van der Waals surface area contributed by atoms with Crippen LogP contribution in [0.2, 0.25) is 5.02 Å². The molecule has 21 heavy (non-hydrogen) atoms. The van der Waals surface area contributed by atoms with Crippen molar-refractivity contribution in [3.8, 4) is 0 Å². The van der Waals surface area contributed by atoms with Gasteiger partial charge in [0.05, 0.1) is 11.1 Å². The predicted octanol–water partition coefficient (Wildman–Crippen LogP) is 2.40. The molecule has 1 aliphatic rings. The molecule has 106 valence electrons. The number of nitrogens with zero attached hydrogens (tertiary/aromatic N) is 2. The molecule has 5 nitrogen and oxygen atoms in total. The third-order valence-electron chi connectivity index (χ3n) is 3.06. The van der Waals surface area contributed by atoms with Crippen molar-refractivity contribution in [3.63, 3.8) is 0 Å². The van der Waals surface area contributed by atoms with Gasteiger partial charge in [-0.1, -0.05) is 23.7 Å². The van der Waals surface area contributed by atoms with Crippen LogP contribution in [0.1, 0.15) is 20.7 Å². The number of carbonyl (C=O) groups is 2. The van der Waals surface area contributed by atoms with Crippen LogP contribution in [0.4, 0.5) is 20.3 Å². The maximum atomic E-state index is 14.1. The third-order valence-corrected chi connectivity index (χ3v) is 3.39. The van der Waals surface area contributed by atoms with E-state index in [1.165, 1.54) is 12.1 Å². The Kier molecular flexibility index (Phi) is 2.87. The van der Waals surface area contributed by atoms with Gasteiger partial charge >= 0.3 is 0 Å². The van der Waals surface area contributed by atoms with E-state index in [4.69, 9.17) is 17.3 Å². The lowest BCUT2D eigenvalue weighted by Crippen LogP contribution is -2.31. The highest BCUT2D eigenvalue weighted by Gasteiger charge is 2.40. The van der Waals surface area contributed by atoms with Crippen molar-refractivity contribution < 1.29 is 18.4 Å². The number of halogens is 3. The summed E-state index contributed by atoms with van der Waals surface area (Å²) in [6, 6.07) is 5.91. The Hall–Kier alpha value is -2.54. The number of amides is 2. The van der Waals surface area contributed by atoms with Crippen LogP contribution in [0.25, 0.3) is 0 Å². The lowest BCUT2D eigenvalue weighted by atomic mass is 10.1. The number of nitrogens with two attached hydrogens (primary N) is 1. The third kappa shape index (κ3) is 1.78. The van der Waals surface area contributed by atoms with Crippen LogP contribution in [0.3, 0.4) is 0 Å². The van der Waals surface area contributed by atoms with E-state index in [0.29, 0.717) is 4.90 Å². The number of imide groups is 1. The molecule has 1 aromatic heterocycles. The topological polar surface area (TPSA) is 76.3 Å². The summed E-state index contributed by atoms with van der Waals surface area (Å²) in [6.45, 7) is 0. The molecule has 0 spiro atoms. The number of anilines is 2. The van der Waals surface area contributed by atoms with Crippen molar-refractivity contribution in [2.45, 2.75) is 0 Å². The van der Waals surface area contributed by atoms with Crippen molar-refractivity contribution in [1.29, 1.82) is 0 Å². The molecule has 0 fully saturated rings. The van der Waals surface area contributed by atoms with Gasteiger partial charge < -0.3 is 5.73 Å². The quantitative estimate of drug-likeness (QED) is 0.648. The summed E-state index contributed by atoms with van der Waals surface area (Å²) in [7, 11) is 0. The van der Waals surface area contributed by atoms with Crippen molar-refractivity contribution >= 4 is 34.9 Å². The standard InChI is InChI=1S/C13H6ClF2N3O2/c14-7-9(8(15)11(17)18-10(7)16)19-12(20)5-3-1-2-4-6(5)13(19)21/h1-4H,(H2,17,18). The summed E-state index contributed by atoms with van der Waals surface area (Å²) in [5.41, 5.74) is 4.65. The van der Waals surface area contributed by atoms with Crippen LogP contribution in [0.5, 0.6) is 0 Å². The second-order valence-corrected chi connectivity index (χ2v) is 4.63. The first-order valence-corrected chi connectivity index (χ1v) is 6.09. The Labute approximate surface area is 121 Å². The normalized spacial score (nSPS) is 13.8. The van der Waals surface area contributed by atoms with Crippen molar-refractivity contribution in [1.82, 2.24) is 4.98 Å². The summed E-state index contributed by atoms with van der Waals surface area (Å²) < 4.78 is 27.6. The molecular weight excluding hydrogens is 304 g/mol. The average molecular weight is 310 g/mol. The fourth-order valence-electron chi connectivity index (χ4n) is 2.11. The van der Waals surface area contributed by atoms with Gasteiger partial charge in [0.1, 0.15) is 10.7 Å². The number of carbonyl (C=O) groups excluding carboxylic acids is 2. The minimum atomic E-state index is -1.26. The van der Waals surface area contributed by atoms with Crippen LogP contribution >= 0.6 is 11.6 Å². The van der Waals surface area contributed by atoms with E-state index >= 15 is 0 Å². The summed E-state index contributed by atoms with van der Waals surface area (Å²) in [5.74, 6) is -4.88. The van der Waals surface area contributed by atoms with Gasteiger partial charge in [0.25, 0.3) is 11.8 Å². The zero-order valence-electron chi connectivity index (χ0n) is 10.2. The fourth-order valence-corrected chi connectivity index (χ4v) is 2.32. The van der Waals surface area contributed by atoms with E-state index < -0.39 is 40.1 Å². The highest BCUT2D eigenvalue weighted by atomic mass is 35.5. The molecule has 0 saturated carbocycles. The fraction of sp³-hybridized carbons (Fsp3) is 0. The van der Waals surface area contributed by atoms with Crippen LogP contribution in [-0.2, 0) is 0 Å². The zero-order chi connectivity index (χ0) is 15.3. The number of aromatic nitrogens is 1. The van der Waals surface area contributed by atoms with Gasteiger partial charge in [-0.25, -0.2) is 9.29 Å². The maximum Gasteiger partial charge on any atom is 0.266 e. The largest absolute Gasteiger partial charge is 0.381 e. The molecule has 0 bridgehead atoms. The molecule has 0 saturated heterocycles. The number of benzene rings is 1. The van der Waals surface area contributed by atoms with E-state index in [2.05, 4.69) is 4.98 Å². The lowest BCUT2D eigenvalue weighted by Gasteiger charge is -2.17.